The van der Waals surface area contributed by atoms with Gasteiger partial charge in [0.1, 0.15) is 0 Å². The van der Waals surface area contributed by atoms with Crippen molar-refractivity contribution in [3.8, 4) is 0 Å². The van der Waals surface area contributed by atoms with E-state index in [1.807, 2.05) is 58.0 Å². The Labute approximate surface area is 238 Å². The first kappa shape index (κ1) is 34.8. The van der Waals surface area contributed by atoms with Crippen LogP contribution in [-0.2, 0) is 25.6 Å². The SMILES string of the molecule is CCC(=O)[C@H](Cc1ccccc1)NC(=O)[C@H](CO)CC(=O)[C@@H](NC(=O)[C@H](CCCN=C(N)N)CC(C)C)C(C)C. The highest BCUT2D eigenvalue weighted by atomic mass is 16.3. The molecule has 0 saturated heterocycles. The first-order valence-corrected chi connectivity index (χ1v) is 14.3. The second-order valence-corrected chi connectivity index (χ2v) is 11.1. The fourth-order valence-electron chi connectivity index (χ4n) is 4.60. The number of nitrogens with zero attached hydrogens (tertiary/aromatic N) is 1. The third-order valence-corrected chi connectivity index (χ3v) is 6.82. The van der Waals surface area contributed by atoms with Crippen LogP contribution in [0.25, 0.3) is 0 Å². The summed E-state index contributed by atoms with van der Waals surface area (Å²) in [7, 11) is 0. The summed E-state index contributed by atoms with van der Waals surface area (Å²) >= 11 is 0. The van der Waals surface area contributed by atoms with Crippen molar-refractivity contribution in [2.45, 2.75) is 85.2 Å². The fourth-order valence-corrected chi connectivity index (χ4v) is 4.60. The van der Waals surface area contributed by atoms with Crippen LogP contribution in [0.4, 0.5) is 0 Å². The van der Waals surface area contributed by atoms with E-state index in [-0.39, 0.29) is 54.0 Å². The molecule has 4 atom stereocenters. The van der Waals surface area contributed by atoms with Gasteiger partial charge in [0.15, 0.2) is 17.5 Å². The summed E-state index contributed by atoms with van der Waals surface area (Å²) in [6.07, 6.45) is 2.12. The van der Waals surface area contributed by atoms with Gasteiger partial charge in [0.05, 0.1) is 24.6 Å². The molecule has 1 aromatic carbocycles. The zero-order valence-electron chi connectivity index (χ0n) is 24.7. The second-order valence-electron chi connectivity index (χ2n) is 11.1. The average molecular weight is 560 g/mol. The topological polar surface area (TPSA) is 177 Å². The van der Waals surface area contributed by atoms with Crippen LogP contribution in [-0.4, -0.2) is 59.7 Å². The number of nitrogens with two attached hydrogens (primary N) is 2. The number of aliphatic hydroxyl groups excluding tert-OH is 1. The molecule has 0 aliphatic carbocycles. The van der Waals surface area contributed by atoms with Crippen molar-refractivity contribution in [1.82, 2.24) is 10.6 Å². The molecular formula is C30H49N5O5. The Hall–Kier alpha value is -3.27. The van der Waals surface area contributed by atoms with Crippen LogP contribution in [0.2, 0.25) is 0 Å². The largest absolute Gasteiger partial charge is 0.396 e. The number of ketones is 2. The molecule has 7 N–H and O–H groups in total. The number of aliphatic imine (C=N–C) groups is 1. The van der Waals surface area contributed by atoms with Crippen molar-refractivity contribution < 1.29 is 24.3 Å². The van der Waals surface area contributed by atoms with Gasteiger partial charge in [0.25, 0.3) is 0 Å². The van der Waals surface area contributed by atoms with Crippen LogP contribution >= 0.6 is 0 Å². The summed E-state index contributed by atoms with van der Waals surface area (Å²) in [6.45, 7) is 9.28. The Kier molecular flexibility index (Phi) is 15.8. The number of guanidine groups is 1. The molecule has 1 rings (SSSR count). The molecular weight excluding hydrogens is 510 g/mol. The molecule has 10 heteroatoms. The maximum absolute atomic E-state index is 13.3. The number of carbonyl (C=O) groups is 4. The monoisotopic (exact) mass is 559 g/mol. The quantitative estimate of drug-likeness (QED) is 0.0979. The van der Waals surface area contributed by atoms with Crippen LogP contribution in [0.3, 0.4) is 0 Å². The van der Waals surface area contributed by atoms with Gasteiger partial charge in [-0.25, -0.2) is 0 Å². The van der Waals surface area contributed by atoms with Crippen LogP contribution in [0.5, 0.6) is 0 Å². The number of carbonyl (C=O) groups excluding carboxylic acids is 4. The number of hydrogen-bond donors (Lipinski definition) is 5. The Morgan fingerprint density at radius 2 is 1.55 bits per heavy atom. The van der Waals surface area contributed by atoms with Gasteiger partial charge in [-0.3, -0.25) is 24.2 Å². The summed E-state index contributed by atoms with van der Waals surface area (Å²) in [5, 5.41) is 15.6. The molecule has 0 radical (unpaired) electrons. The lowest BCUT2D eigenvalue weighted by Crippen LogP contribution is -2.49. The third kappa shape index (κ3) is 12.7. The average Bonchev–Trinajstić information content (AvgIpc) is 2.90. The van der Waals surface area contributed by atoms with Gasteiger partial charge in [-0.15, -0.1) is 0 Å². The van der Waals surface area contributed by atoms with Crippen molar-refractivity contribution in [3.63, 3.8) is 0 Å². The van der Waals surface area contributed by atoms with E-state index in [1.165, 1.54) is 0 Å². The van der Waals surface area contributed by atoms with Gasteiger partial charge in [0.2, 0.25) is 11.8 Å². The number of hydrogen-bond acceptors (Lipinski definition) is 6. The highest BCUT2D eigenvalue weighted by Crippen LogP contribution is 2.20. The molecule has 0 fully saturated rings. The number of rotatable bonds is 19. The summed E-state index contributed by atoms with van der Waals surface area (Å²) in [6, 6.07) is 7.75. The number of nitrogens with one attached hydrogen (secondary N) is 2. The van der Waals surface area contributed by atoms with E-state index in [2.05, 4.69) is 15.6 Å². The Balaban J connectivity index is 2.92. The predicted molar refractivity (Wildman–Crippen MR) is 157 cm³/mol. The van der Waals surface area contributed by atoms with Crippen molar-refractivity contribution in [2.75, 3.05) is 13.2 Å². The maximum atomic E-state index is 13.3. The lowest BCUT2D eigenvalue weighted by molar-refractivity contribution is -0.135. The van der Waals surface area contributed by atoms with Gasteiger partial charge >= 0.3 is 0 Å². The molecule has 0 bridgehead atoms. The lowest BCUT2D eigenvalue weighted by atomic mass is 9.89. The van der Waals surface area contributed by atoms with E-state index in [1.54, 1.807) is 6.92 Å². The van der Waals surface area contributed by atoms with Gasteiger partial charge < -0.3 is 27.2 Å². The second kappa shape index (κ2) is 18.1. The minimum atomic E-state index is -1.04. The molecule has 0 aliphatic rings. The molecule has 40 heavy (non-hydrogen) atoms. The summed E-state index contributed by atoms with van der Waals surface area (Å²) < 4.78 is 0. The first-order valence-electron chi connectivity index (χ1n) is 14.3. The van der Waals surface area contributed by atoms with Crippen molar-refractivity contribution in [3.05, 3.63) is 35.9 Å². The van der Waals surface area contributed by atoms with E-state index in [9.17, 15) is 24.3 Å². The molecule has 0 unspecified atom stereocenters. The normalized spacial score (nSPS) is 14.2. The molecule has 2 amide bonds. The van der Waals surface area contributed by atoms with Crippen molar-refractivity contribution in [2.24, 2.45) is 40.1 Å². The number of benzene rings is 1. The minimum Gasteiger partial charge on any atom is -0.396 e. The highest BCUT2D eigenvalue weighted by molar-refractivity contribution is 5.94. The van der Waals surface area contributed by atoms with E-state index in [0.717, 1.165) is 5.56 Å². The van der Waals surface area contributed by atoms with E-state index in [0.29, 0.717) is 32.2 Å². The standard InChI is InChI=1S/C30H49N5O5/c1-6-25(37)24(16-21-11-8-7-9-12-21)34-29(40)23(18-36)17-26(38)27(20(4)5)35-28(39)22(15-19(2)3)13-10-14-33-30(31)32/h7-9,11-12,19-20,22-24,27,36H,6,10,13-18H2,1-5H3,(H,34,40)(H,35,39)(H4,31,32,33)/t22-,23+,24+,27+/m1/s1. The molecule has 0 saturated carbocycles. The van der Waals surface area contributed by atoms with Gasteiger partial charge in [-0.2, -0.15) is 0 Å². The lowest BCUT2D eigenvalue weighted by Gasteiger charge is -2.27. The predicted octanol–water partition coefficient (Wildman–Crippen LogP) is 2.12. The molecule has 0 heterocycles. The Morgan fingerprint density at radius 3 is 2.08 bits per heavy atom. The van der Waals surface area contributed by atoms with Crippen LogP contribution in [0.1, 0.15) is 72.3 Å². The number of amides is 2. The Bertz CT molecular complexity index is 976. The summed E-state index contributed by atoms with van der Waals surface area (Å²) in [4.78, 5) is 56.2. The van der Waals surface area contributed by atoms with Crippen LogP contribution in [0.15, 0.2) is 35.3 Å². The van der Waals surface area contributed by atoms with E-state index >= 15 is 0 Å². The molecule has 0 aromatic heterocycles. The molecule has 224 valence electrons. The third-order valence-electron chi connectivity index (χ3n) is 6.82. The van der Waals surface area contributed by atoms with Gasteiger partial charge in [-0.1, -0.05) is 65.0 Å². The van der Waals surface area contributed by atoms with Crippen LogP contribution in [0, 0.1) is 23.7 Å². The van der Waals surface area contributed by atoms with Gasteiger partial charge in [-0.05, 0) is 43.1 Å². The zero-order valence-corrected chi connectivity index (χ0v) is 24.7. The van der Waals surface area contributed by atoms with Crippen molar-refractivity contribution in [1.29, 1.82) is 0 Å². The molecule has 0 spiro atoms. The number of aliphatic hydroxyl groups is 1. The fraction of sp³-hybridized carbons (Fsp3) is 0.633. The Morgan fingerprint density at radius 1 is 0.925 bits per heavy atom. The molecule has 1 aromatic rings. The van der Waals surface area contributed by atoms with E-state index < -0.39 is 30.5 Å². The first-order chi connectivity index (χ1) is 18.9. The summed E-state index contributed by atoms with van der Waals surface area (Å²) in [5.41, 5.74) is 11.7. The van der Waals surface area contributed by atoms with Crippen molar-refractivity contribution >= 4 is 29.3 Å². The summed E-state index contributed by atoms with van der Waals surface area (Å²) in [5.74, 6) is -2.60. The van der Waals surface area contributed by atoms with Gasteiger partial charge in [0, 0.05) is 25.3 Å². The zero-order chi connectivity index (χ0) is 30.2. The highest BCUT2D eigenvalue weighted by Gasteiger charge is 2.32. The maximum Gasteiger partial charge on any atom is 0.226 e. The minimum absolute atomic E-state index is 0.00301. The number of Topliss-reactive ketones (excluding diaryl/α,β-unsaturated/α-hetero) is 2. The van der Waals surface area contributed by atoms with E-state index in [4.69, 9.17) is 11.5 Å². The van der Waals surface area contributed by atoms with Crippen LogP contribution < -0.4 is 22.1 Å². The molecule has 10 nitrogen and oxygen atoms in total. The smallest absolute Gasteiger partial charge is 0.226 e. The molecule has 0 aliphatic heterocycles.